The summed E-state index contributed by atoms with van der Waals surface area (Å²) in [5.74, 6) is 0.849. The predicted molar refractivity (Wildman–Crippen MR) is 68.6 cm³/mol. The molecule has 3 rings (SSSR count). The van der Waals surface area contributed by atoms with Gasteiger partial charge in [0.1, 0.15) is 5.82 Å². The fourth-order valence-corrected chi connectivity index (χ4v) is 1.87. The van der Waals surface area contributed by atoms with Crippen molar-refractivity contribution in [3.8, 4) is 0 Å². The molecular weight excluding hydrogens is 231 g/mol. The van der Waals surface area contributed by atoms with E-state index in [9.17, 15) is 5.02 Å². The number of nitrogens with two attached hydrogens (primary N) is 1. The Morgan fingerprint density at radius 1 is 1.39 bits per heavy atom. The summed E-state index contributed by atoms with van der Waals surface area (Å²) < 4.78 is 5.12. The van der Waals surface area contributed by atoms with Gasteiger partial charge in [-0.05, 0) is 29.2 Å². The summed E-state index contributed by atoms with van der Waals surface area (Å²) in [6.07, 6.45) is 1.59. The second kappa shape index (κ2) is 4.28. The molecule has 0 atom stereocenters. The lowest BCUT2D eigenvalue weighted by Crippen LogP contribution is -2.27. The van der Waals surface area contributed by atoms with Gasteiger partial charge in [0.2, 0.25) is 5.95 Å². The molecule has 0 fully saturated rings. The van der Waals surface area contributed by atoms with Crippen LogP contribution in [0.2, 0.25) is 0 Å². The van der Waals surface area contributed by atoms with E-state index < -0.39 is 7.12 Å². The third kappa shape index (κ3) is 2.01. The van der Waals surface area contributed by atoms with Crippen molar-refractivity contribution in [2.75, 3.05) is 11.1 Å². The molecule has 0 spiro atoms. The summed E-state index contributed by atoms with van der Waals surface area (Å²) in [6, 6.07) is 7.18. The maximum Gasteiger partial charge on any atom is 0.491 e. The Kier molecular flexibility index (Phi) is 2.62. The molecule has 90 valence electrons. The monoisotopic (exact) mass is 242 g/mol. The van der Waals surface area contributed by atoms with Gasteiger partial charge in [0, 0.05) is 11.9 Å². The third-order valence-electron chi connectivity index (χ3n) is 2.74. The highest BCUT2D eigenvalue weighted by Gasteiger charge is 2.26. The second-order valence-electron chi connectivity index (χ2n) is 4.01. The summed E-state index contributed by atoms with van der Waals surface area (Å²) >= 11 is 0. The number of nitrogens with one attached hydrogen (secondary N) is 1. The Hall–Kier alpha value is -2.12. The second-order valence-corrected chi connectivity index (χ2v) is 4.01. The number of nitrogens with zero attached hydrogens (tertiary/aromatic N) is 2. The fraction of sp³-hybridized carbons (Fsp3) is 0.0909. The summed E-state index contributed by atoms with van der Waals surface area (Å²) in [7, 11) is -0.822. The SMILES string of the molecule is Nc1ccnc(Nc2ccc3c(c2)COB3O)n1. The molecule has 0 saturated carbocycles. The van der Waals surface area contributed by atoms with Crippen molar-refractivity contribution in [2.45, 2.75) is 6.61 Å². The van der Waals surface area contributed by atoms with Crippen LogP contribution in [0.1, 0.15) is 5.56 Å². The molecule has 1 aromatic carbocycles. The van der Waals surface area contributed by atoms with E-state index in [1.165, 1.54) is 0 Å². The first-order valence-electron chi connectivity index (χ1n) is 5.50. The van der Waals surface area contributed by atoms with Crippen molar-refractivity contribution in [2.24, 2.45) is 0 Å². The number of aromatic nitrogens is 2. The van der Waals surface area contributed by atoms with Gasteiger partial charge in [0.25, 0.3) is 0 Å². The molecule has 6 nitrogen and oxygen atoms in total. The van der Waals surface area contributed by atoms with E-state index in [2.05, 4.69) is 15.3 Å². The van der Waals surface area contributed by atoms with Gasteiger partial charge in [-0.2, -0.15) is 4.98 Å². The van der Waals surface area contributed by atoms with Crippen LogP contribution in [0.5, 0.6) is 0 Å². The summed E-state index contributed by atoms with van der Waals surface area (Å²) in [5, 5.41) is 12.6. The van der Waals surface area contributed by atoms with Crippen LogP contribution >= 0.6 is 0 Å². The molecule has 0 bridgehead atoms. The number of rotatable bonds is 2. The van der Waals surface area contributed by atoms with Gasteiger partial charge in [0.05, 0.1) is 6.61 Å². The van der Waals surface area contributed by atoms with Crippen molar-refractivity contribution in [3.05, 3.63) is 36.0 Å². The lowest BCUT2D eigenvalue weighted by Gasteiger charge is -2.06. The van der Waals surface area contributed by atoms with Crippen LogP contribution in [0, 0.1) is 0 Å². The van der Waals surface area contributed by atoms with Gasteiger partial charge < -0.3 is 20.7 Å². The highest BCUT2D eigenvalue weighted by Crippen LogP contribution is 2.18. The van der Waals surface area contributed by atoms with Gasteiger partial charge in [-0.1, -0.05) is 6.07 Å². The predicted octanol–water partition coefficient (Wildman–Crippen LogP) is 0.0201. The van der Waals surface area contributed by atoms with Gasteiger partial charge in [0.15, 0.2) is 0 Å². The largest absolute Gasteiger partial charge is 0.491 e. The Labute approximate surface area is 104 Å². The molecule has 0 radical (unpaired) electrons. The molecule has 0 aliphatic carbocycles. The number of anilines is 3. The Morgan fingerprint density at radius 3 is 3.11 bits per heavy atom. The third-order valence-corrected chi connectivity index (χ3v) is 2.74. The summed E-state index contributed by atoms with van der Waals surface area (Å²) in [6.45, 7) is 0.407. The van der Waals surface area contributed by atoms with E-state index in [0.29, 0.717) is 18.4 Å². The van der Waals surface area contributed by atoms with Crippen LogP contribution in [0.3, 0.4) is 0 Å². The molecule has 1 aliphatic heterocycles. The Balaban J connectivity index is 1.86. The molecule has 2 heterocycles. The van der Waals surface area contributed by atoms with Crippen LogP contribution in [-0.4, -0.2) is 22.1 Å². The van der Waals surface area contributed by atoms with Gasteiger partial charge in [-0.15, -0.1) is 0 Å². The van der Waals surface area contributed by atoms with E-state index in [0.717, 1.165) is 16.7 Å². The average Bonchev–Trinajstić information content (AvgIpc) is 2.71. The number of hydrogen-bond donors (Lipinski definition) is 3. The van der Waals surface area contributed by atoms with E-state index in [4.69, 9.17) is 10.4 Å². The minimum atomic E-state index is -0.822. The van der Waals surface area contributed by atoms with Crippen molar-refractivity contribution in [1.82, 2.24) is 9.97 Å². The molecule has 7 heteroatoms. The number of nitrogen functional groups attached to an aromatic ring is 1. The van der Waals surface area contributed by atoms with E-state index >= 15 is 0 Å². The average molecular weight is 242 g/mol. The molecule has 4 N–H and O–H groups in total. The summed E-state index contributed by atoms with van der Waals surface area (Å²) in [5.41, 5.74) is 8.16. The van der Waals surface area contributed by atoms with Crippen LogP contribution in [0.4, 0.5) is 17.5 Å². The van der Waals surface area contributed by atoms with E-state index in [-0.39, 0.29) is 0 Å². The van der Waals surface area contributed by atoms with Gasteiger partial charge in [-0.25, -0.2) is 4.98 Å². The molecule has 0 saturated heterocycles. The minimum absolute atomic E-state index is 0.407. The first-order chi connectivity index (χ1) is 8.72. The first kappa shape index (κ1) is 11.0. The standard InChI is InChI=1S/C11H11BN4O2/c13-10-3-4-14-11(16-10)15-8-1-2-9-7(5-8)6-18-12(9)17/h1-5,17H,6H2,(H3,13,14,15,16). The zero-order valence-corrected chi connectivity index (χ0v) is 9.50. The lowest BCUT2D eigenvalue weighted by molar-refractivity contribution is 0.275. The first-order valence-corrected chi connectivity index (χ1v) is 5.50. The maximum atomic E-state index is 9.51. The van der Waals surface area contributed by atoms with Crippen LogP contribution in [-0.2, 0) is 11.3 Å². The maximum absolute atomic E-state index is 9.51. The topological polar surface area (TPSA) is 93.3 Å². The molecule has 0 amide bonds. The Morgan fingerprint density at radius 2 is 2.28 bits per heavy atom. The lowest BCUT2D eigenvalue weighted by atomic mass is 9.79. The summed E-state index contributed by atoms with van der Waals surface area (Å²) in [4.78, 5) is 8.11. The van der Waals surface area contributed by atoms with Crippen LogP contribution in [0.25, 0.3) is 0 Å². The highest BCUT2D eigenvalue weighted by molar-refractivity contribution is 6.61. The van der Waals surface area contributed by atoms with Crippen LogP contribution < -0.4 is 16.5 Å². The smallest absolute Gasteiger partial charge is 0.423 e. The normalized spacial score (nSPS) is 13.5. The molecule has 1 aromatic heterocycles. The quantitative estimate of drug-likeness (QED) is 0.643. The Bertz CT molecular complexity index is 593. The number of benzene rings is 1. The van der Waals surface area contributed by atoms with Crippen molar-refractivity contribution in [3.63, 3.8) is 0 Å². The van der Waals surface area contributed by atoms with E-state index in [1.807, 2.05) is 18.2 Å². The molecule has 18 heavy (non-hydrogen) atoms. The van der Waals surface area contributed by atoms with Gasteiger partial charge >= 0.3 is 7.12 Å². The van der Waals surface area contributed by atoms with Crippen LogP contribution in [0.15, 0.2) is 30.5 Å². The van der Waals surface area contributed by atoms with Crippen molar-refractivity contribution in [1.29, 1.82) is 0 Å². The van der Waals surface area contributed by atoms with Crippen molar-refractivity contribution < 1.29 is 9.68 Å². The zero-order chi connectivity index (χ0) is 12.5. The fourth-order valence-electron chi connectivity index (χ4n) is 1.87. The molecule has 0 unspecified atom stereocenters. The molecular formula is C11H11BN4O2. The molecule has 1 aliphatic rings. The zero-order valence-electron chi connectivity index (χ0n) is 9.50. The number of fused-ring (bicyclic) bond motifs is 1. The molecule has 2 aromatic rings. The highest BCUT2D eigenvalue weighted by atomic mass is 16.5. The van der Waals surface area contributed by atoms with Gasteiger partial charge in [-0.3, -0.25) is 0 Å². The van der Waals surface area contributed by atoms with Crippen molar-refractivity contribution >= 4 is 30.0 Å². The minimum Gasteiger partial charge on any atom is -0.423 e. The van der Waals surface area contributed by atoms with E-state index in [1.54, 1.807) is 12.3 Å². The number of hydrogen-bond acceptors (Lipinski definition) is 6.